The molecule has 0 spiro atoms. The van der Waals surface area contributed by atoms with Crippen LogP contribution >= 0.6 is 23.2 Å². The number of ether oxygens (including phenoxy) is 1. The van der Waals surface area contributed by atoms with Gasteiger partial charge in [0.2, 0.25) is 0 Å². The normalized spacial score (nSPS) is 18.5. The summed E-state index contributed by atoms with van der Waals surface area (Å²) in [5.41, 5.74) is 5.02. The number of hydrogen-bond donors (Lipinski definition) is 0. The average Bonchev–Trinajstić information content (AvgIpc) is 2.97. The Kier molecular flexibility index (Phi) is 5.37. The Labute approximate surface area is 169 Å². The van der Waals surface area contributed by atoms with Crippen LogP contribution in [0.5, 0.6) is 0 Å². The van der Waals surface area contributed by atoms with Gasteiger partial charge in [-0.3, -0.25) is 0 Å². The molecule has 27 heavy (non-hydrogen) atoms. The molecule has 140 valence electrons. The average molecular weight is 403 g/mol. The van der Waals surface area contributed by atoms with Gasteiger partial charge >= 0.3 is 5.97 Å². The van der Waals surface area contributed by atoms with Crippen molar-refractivity contribution in [3.05, 3.63) is 61.9 Å². The van der Waals surface area contributed by atoms with Crippen molar-refractivity contribution in [3.8, 4) is 6.07 Å². The van der Waals surface area contributed by atoms with E-state index in [1.54, 1.807) is 12.1 Å². The Bertz CT molecular complexity index is 999. The van der Waals surface area contributed by atoms with Gasteiger partial charge in [0.1, 0.15) is 0 Å². The molecule has 0 bridgehead atoms. The smallest absolute Gasteiger partial charge is 0.339 e. The number of methoxy groups -OCH3 is 1. The van der Waals surface area contributed by atoms with Crippen LogP contribution in [0.15, 0.2) is 23.8 Å². The maximum Gasteiger partial charge on any atom is 0.339 e. The van der Waals surface area contributed by atoms with Crippen molar-refractivity contribution < 1.29 is 9.53 Å². The summed E-state index contributed by atoms with van der Waals surface area (Å²) in [6.45, 7) is 4.21. The lowest BCUT2D eigenvalue weighted by Gasteiger charge is -2.24. The molecule has 1 aromatic carbocycles. The van der Waals surface area contributed by atoms with Gasteiger partial charge in [0.05, 0.1) is 23.8 Å². The van der Waals surface area contributed by atoms with Crippen molar-refractivity contribution in [2.24, 2.45) is 13.0 Å². The SMILES string of the molecule is COC(=O)c1ccc(Cl)c(Cc2cc3c(n2C)C=C(C#N)C(C)C3C)c1Cl. The fourth-order valence-electron chi connectivity index (χ4n) is 3.57. The molecule has 1 aliphatic rings. The van der Waals surface area contributed by atoms with Crippen LogP contribution in [0.4, 0.5) is 0 Å². The van der Waals surface area contributed by atoms with Crippen LogP contribution in [0.2, 0.25) is 10.0 Å². The number of carbonyl (C=O) groups excluding carboxylic acids is 1. The zero-order valence-corrected chi connectivity index (χ0v) is 17.1. The monoisotopic (exact) mass is 402 g/mol. The first kappa shape index (κ1) is 19.5. The van der Waals surface area contributed by atoms with E-state index in [-0.39, 0.29) is 11.8 Å². The van der Waals surface area contributed by atoms with E-state index in [0.717, 1.165) is 17.0 Å². The Balaban J connectivity index is 2.07. The van der Waals surface area contributed by atoms with Gasteiger partial charge in [0.15, 0.2) is 0 Å². The van der Waals surface area contributed by atoms with Crippen LogP contribution in [-0.2, 0) is 18.2 Å². The quantitative estimate of drug-likeness (QED) is 0.648. The molecule has 2 unspecified atom stereocenters. The van der Waals surface area contributed by atoms with E-state index in [2.05, 4.69) is 30.6 Å². The molecule has 1 aliphatic carbocycles. The van der Waals surface area contributed by atoms with Crippen LogP contribution in [0.1, 0.15) is 52.6 Å². The summed E-state index contributed by atoms with van der Waals surface area (Å²) in [7, 11) is 3.29. The van der Waals surface area contributed by atoms with Crippen molar-refractivity contribution in [2.45, 2.75) is 26.2 Å². The van der Waals surface area contributed by atoms with Gasteiger partial charge in [-0.1, -0.05) is 37.0 Å². The Morgan fingerprint density at radius 2 is 2.00 bits per heavy atom. The van der Waals surface area contributed by atoms with Gasteiger partial charge in [0, 0.05) is 35.5 Å². The number of esters is 1. The topological polar surface area (TPSA) is 55.0 Å². The summed E-state index contributed by atoms with van der Waals surface area (Å²) in [5.74, 6) is -0.0762. The summed E-state index contributed by atoms with van der Waals surface area (Å²) in [4.78, 5) is 11.9. The molecule has 6 heteroatoms. The number of aromatic nitrogens is 1. The summed E-state index contributed by atoms with van der Waals surface area (Å²) in [5, 5.41) is 10.2. The van der Waals surface area contributed by atoms with Gasteiger partial charge in [-0.15, -0.1) is 0 Å². The summed E-state index contributed by atoms with van der Waals surface area (Å²) >= 11 is 12.8. The first-order chi connectivity index (χ1) is 12.8. The van der Waals surface area contributed by atoms with Crippen molar-refractivity contribution in [1.82, 2.24) is 4.57 Å². The fraction of sp³-hybridized carbons (Fsp3) is 0.333. The second kappa shape index (κ2) is 7.42. The second-order valence-electron chi connectivity index (χ2n) is 6.88. The summed E-state index contributed by atoms with van der Waals surface area (Å²) in [6.07, 6.45) is 2.43. The van der Waals surface area contributed by atoms with Crippen LogP contribution in [0, 0.1) is 17.2 Å². The van der Waals surface area contributed by atoms with Crippen molar-refractivity contribution in [1.29, 1.82) is 5.26 Å². The molecule has 0 amide bonds. The molecule has 0 saturated heterocycles. The maximum absolute atomic E-state index is 11.9. The van der Waals surface area contributed by atoms with Crippen LogP contribution in [-0.4, -0.2) is 17.6 Å². The van der Waals surface area contributed by atoms with Crippen molar-refractivity contribution >= 4 is 35.2 Å². The predicted molar refractivity (Wildman–Crippen MR) is 107 cm³/mol. The van der Waals surface area contributed by atoms with Crippen molar-refractivity contribution in [2.75, 3.05) is 7.11 Å². The number of allylic oxidation sites excluding steroid dienone is 1. The number of carbonyl (C=O) groups is 1. The Morgan fingerprint density at radius 1 is 1.30 bits per heavy atom. The molecule has 1 aromatic heterocycles. The highest BCUT2D eigenvalue weighted by Gasteiger charge is 2.28. The first-order valence-electron chi connectivity index (χ1n) is 8.65. The number of halogens is 2. The Morgan fingerprint density at radius 3 is 2.63 bits per heavy atom. The van der Waals surface area contributed by atoms with Crippen LogP contribution in [0.25, 0.3) is 6.08 Å². The van der Waals surface area contributed by atoms with Gasteiger partial charge in [-0.2, -0.15) is 5.26 Å². The standard InChI is InChI=1S/C21H20Cl2N2O2/c1-11-12(2)16-8-14(25(3)19(16)7-13(11)10-24)9-17-18(22)6-5-15(20(17)23)21(26)27-4/h5-8,11-12H,9H2,1-4H3. The minimum absolute atomic E-state index is 0.174. The van der Waals surface area contributed by atoms with Gasteiger partial charge < -0.3 is 9.30 Å². The number of nitriles is 1. The molecule has 1 heterocycles. The highest BCUT2D eigenvalue weighted by molar-refractivity contribution is 6.38. The third kappa shape index (κ3) is 3.26. The highest BCUT2D eigenvalue weighted by Crippen LogP contribution is 2.40. The zero-order valence-electron chi connectivity index (χ0n) is 15.6. The third-order valence-electron chi connectivity index (χ3n) is 5.51. The summed E-state index contributed by atoms with van der Waals surface area (Å²) < 4.78 is 6.85. The van der Waals surface area contributed by atoms with E-state index >= 15 is 0 Å². The molecule has 0 saturated carbocycles. The lowest BCUT2D eigenvalue weighted by atomic mass is 9.79. The molecule has 0 N–H and O–H groups in total. The lowest BCUT2D eigenvalue weighted by Crippen LogP contribution is -2.14. The van der Waals surface area contributed by atoms with Gasteiger partial charge in [0.25, 0.3) is 0 Å². The second-order valence-corrected chi connectivity index (χ2v) is 7.67. The largest absolute Gasteiger partial charge is 0.465 e. The molecule has 0 radical (unpaired) electrons. The van der Waals surface area contributed by atoms with Crippen molar-refractivity contribution in [3.63, 3.8) is 0 Å². The molecular weight excluding hydrogens is 383 g/mol. The molecule has 2 aromatic rings. The van der Waals surface area contributed by atoms with E-state index in [9.17, 15) is 10.1 Å². The third-order valence-corrected chi connectivity index (χ3v) is 6.30. The minimum Gasteiger partial charge on any atom is -0.465 e. The molecule has 2 atom stereocenters. The van der Waals surface area contributed by atoms with Crippen LogP contribution in [0.3, 0.4) is 0 Å². The lowest BCUT2D eigenvalue weighted by molar-refractivity contribution is 0.0601. The molecular formula is C21H20Cl2N2O2. The molecule has 3 rings (SSSR count). The predicted octanol–water partition coefficient (Wildman–Crippen LogP) is 5.37. The minimum atomic E-state index is -0.492. The maximum atomic E-state index is 11.9. The fourth-order valence-corrected chi connectivity index (χ4v) is 4.15. The van der Waals surface area contributed by atoms with E-state index in [1.807, 2.05) is 13.1 Å². The molecule has 0 fully saturated rings. The summed E-state index contributed by atoms with van der Waals surface area (Å²) in [6, 6.07) is 7.68. The number of nitrogens with zero attached hydrogens (tertiary/aromatic N) is 2. The molecule has 4 nitrogen and oxygen atoms in total. The van der Waals surface area contributed by atoms with Gasteiger partial charge in [-0.25, -0.2) is 4.79 Å². The number of fused-ring (bicyclic) bond motifs is 1. The number of rotatable bonds is 3. The molecule has 0 aliphatic heterocycles. The van der Waals surface area contributed by atoms with E-state index in [0.29, 0.717) is 27.6 Å². The van der Waals surface area contributed by atoms with E-state index in [1.165, 1.54) is 12.7 Å². The number of hydrogen-bond acceptors (Lipinski definition) is 3. The van der Waals surface area contributed by atoms with E-state index in [4.69, 9.17) is 27.9 Å². The highest BCUT2D eigenvalue weighted by atomic mass is 35.5. The number of benzene rings is 1. The van der Waals surface area contributed by atoms with Gasteiger partial charge in [-0.05, 0) is 47.2 Å². The Hall–Kier alpha value is -2.22. The zero-order chi connectivity index (χ0) is 19.9. The van der Waals surface area contributed by atoms with E-state index < -0.39 is 5.97 Å². The first-order valence-corrected chi connectivity index (χ1v) is 9.41. The van der Waals surface area contributed by atoms with Crippen LogP contribution < -0.4 is 0 Å².